The Bertz CT molecular complexity index is 1000. The van der Waals surface area contributed by atoms with Gasteiger partial charge in [-0.2, -0.15) is 0 Å². The van der Waals surface area contributed by atoms with Gasteiger partial charge < -0.3 is 23.8 Å². The molecule has 6 rings (SSSR count). The molecule has 1 unspecified atom stereocenters. The normalized spacial score (nSPS) is 21.9. The van der Waals surface area contributed by atoms with E-state index in [1.54, 1.807) is 5.01 Å². The second kappa shape index (κ2) is 7.07. The number of fused-ring (bicyclic) bond motifs is 3. The maximum absolute atomic E-state index is 13.3. The number of rotatable bonds is 4. The Hall–Kier alpha value is -2.97. The number of nitrogens with zero attached hydrogens (tertiary/aromatic N) is 2. The molecule has 1 saturated heterocycles. The maximum atomic E-state index is 13.3. The molecule has 2 aromatic rings. The molecule has 0 saturated carbocycles. The van der Waals surface area contributed by atoms with Crippen LogP contribution in [0.4, 0.5) is 0 Å². The van der Waals surface area contributed by atoms with Crippen molar-refractivity contribution in [1.29, 1.82) is 0 Å². The minimum absolute atomic E-state index is 0.0421. The van der Waals surface area contributed by atoms with E-state index in [1.807, 2.05) is 30.3 Å². The highest BCUT2D eigenvalue weighted by atomic mass is 16.7. The van der Waals surface area contributed by atoms with Crippen molar-refractivity contribution in [1.82, 2.24) is 15.3 Å². The summed E-state index contributed by atoms with van der Waals surface area (Å²) >= 11 is 0. The predicted octanol–water partition coefficient (Wildman–Crippen LogP) is 2.29. The lowest BCUT2D eigenvalue weighted by molar-refractivity contribution is 0.0573. The lowest BCUT2D eigenvalue weighted by Gasteiger charge is -2.36. The van der Waals surface area contributed by atoms with E-state index in [-0.39, 0.29) is 25.5 Å². The maximum Gasteiger partial charge on any atom is 0.268 e. The smallest absolute Gasteiger partial charge is 0.268 e. The van der Waals surface area contributed by atoms with E-state index in [9.17, 15) is 4.79 Å². The van der Waals surface area contributed by atoms with Crippen molar-refractivity contribution in [3.8, 4) is 23.0 Å². The summed E-state index contributed by atoms with van der Waals surface area (Å²) in [5, 5.41) is 1.73. The van der Waals surface area contributed by atoms with Gasteiger partial charge in [0.15, 0.2) is 23.0 Å². The Morgan fingerprint density at radius 1 is 0.867 bits per heavy atom. The first-order valence-electron chi connectivity index (χ1n) is 10.4. The molecule has 4 aliphatic rings. The molecule has 156 valence electrons. The summed E-state index contributed by atoms with van der Waals surface area (Å²) in [7, 11) is 0. The summed E-state index contributed by atoms with van der Waals surface area (Å²) in [6.45, 7) is 4.08. The first-order valence-corrected chi connectivity index (χ1v) is 10.4. The van der Waals surface area contributed by atoms with Crippen molar-refractivity contribution < 1.29 is 23.7 Å². The number of carbonyl (C=O) groups is 1. The van der Waals surface area contributed by atoms with Gasteiger partial charge in [0.1, 0.15) is 0 Å². The first-order chi connectivity index (χ1) is 14.8. The topological polar surface area (TPSA) is 72.5 Å². The minimum Gasteiger partial charge on any atom is -0.454 e. The van der Waals surface area contributed by atoms with Crippen LogP contribution in [0.3, 0.4) is 0 Å². The zero-order valence-electron chi connectivity index (χ0n) is 16.6. The quantitative estimate of drug-likeness (QED) is 0.831. The van der Waals surface area contributed by atoms with E-state index in [0.717, 1.165) is 42.3 Å². The summed E-state index contributed by atoms with van der Waals surface area (Å²) in [6, 6.07) is 9.41. The van der Waals surface area contributed by atoms with Gasteiger partial charge >= 0.3 is 0 Å². The molecule has 0 spiro atoms. The Morgan fingerprint density at radius 3 is 2.37 bits per heavy atom. The van der Waals surface area contributed by atoms with Gasteiger partial charge in [-0.3, -0.25) is 9.80 Å². The largest absolute Gasteiger partial charge is 0.454 e. The molecule has 1 atom stereocenters. The molecule has 1 N–H and O–H groups in total. The highest BCUT2D eigenvalue weighted by Gasteiger charge is 2.35. The predicted molar refractivity (Wildman–Crippen MR) is 107 cm³/mol. The lowest BCUT2D eigenvalue weighted by atomic mass is 9.91. The Labute approximate surface area is 174 Å². The van der Waals surface area contributed by atoms with Crippen LogP contribution in [0, 0.1) is 0 Å². The molecule has 0 bridgehead atoms. The molecule has 4 heterocycles. The van der Waals surface area contributed by atoms with E-state index in [4.69, 9.17) is 18.9 Å². The van der Waals surface area contributed by atoms with Crippen LogP contribution in [-0.2, 0) is 0 Å². The van der Waals surface area contributed by atoms with Gasteiger partial charge in [-0.1, -0.05) is 6.07 Å². The summed E-state index contributed by atoms with van der Waals surface area (Å²) in [5.41, 5.74) is 5.96. The van der Waals surface area contributed by atoms with Crippen LogP contribution in [-0.4, -0.2) is 55.6 Å². The lowest BCUT2D eigenvalue weighted by Crippen LogP contribution is -2.51. The molecule has 2 aromatic carbocycles. The van der Waals surface area contributed by atoms with Crippen molar-refractivity contribution in [2.24, 2.45) is 0 Å². The van der Waals surface area contributed by atoms with Crippen molar-refractivity contribution in [2.75, 3.05) is 39.8 Å². The van der Waals surface area contributed by atoms with E-state index in [0.29, 0.717) is 23.6 Å². The van der Waals surface area contributed by atoms with Gasteiger partial charge in [-0.05, 0) is 61.3 Å². The Morgan fingerprint density at radius 2 is 1.57 bits per heavy atom. The standard InChI is InChI=1S/C22H23N3O5/c26-22-16-11-20-19(29-13-30-20)10-15(16)21(14-3-4-17-18(9-14)28-12-27-17)23-25(22)8-7-24-5-1-2-6-24/h3-4,9-11,21,23H,1-2,5-8,12-13H2. The fourth-order valence-corrected chi connectivity index (χ4v) is 4.57. The van der Waals surface area contributed by atoms with Crippen LogP contribution < -0.4 is 24.4 Å². The third-order valence-corrected chi connectivity index (χ3v) is 6.18. The van der Waals surface area contributed by atoms with Crippen molar-refractivity contribution >= 4 is 5.91 Å². The minimum atomic E-state index is -0.208. The second-order valence-corrected chi connectivity index (χ2v) is 7.97. The van der Waals surface area contributed by atoms with Gasteiger partial charge in [0.25, 0.3) is 5.91 Å². The van der Waals surface area contributed by atoms with E-state index in [2.05, 4.69) is 10.3 Å². The number of benzene rings is 2. The van der Waals surface area contributed by atoms with E-state index < -0.39 is 0 Å². The Kier molecular flexibility index (Phi) is 4.21. The fourth-order valence-electron chi connectivity index (χ4n) is 4.57. The molecule has 0 aliphatic carbocycles. The highest BCUT2D eigenvalue weighted by molar-refractivity contribution is 5.97. The number of amides is 1. The summed E-state index contributed by atoms with van der Waals surface area (Å²) < 4.78 is 22.1. The Balaban J connectivity index is 1.37. The molecule has 0 radical (unpaired) electrons. The monoisotopic (exact) mass is 409 g/mol. The summed E-state index contributed by atoms with van der Waals surface area (Å²) in [4.78, 5) is 15.7. The van der Waals surface area contributed by atoms with Gasteiger partial charge in [0, 0.05) is 6.54 Å². The van der Waals surface area contributed by atoms with Crippen LogP contribution in [0.15, 0.2) is 30.3 Å². The molecule has 1 fully saturated rings. The number of ether oxygens (including phenoxy) is 4. The molecule has 8 heteroatoms. The van der Waals surface area contributed by atoms with Crippen LogP contribution in [0.2, 0.25) is 0 Å². The number of hydrazine groups is 1. The van der Waals surface area contributed by atoms with Gasteiger partial charge in [0.2, 0.25) is 13.6 Å². The summed E-state index contributed by atoms with van der Waals surface area (Å²) in [6.07, 6.45) is 2.46. The van der Waals surface area contributed by atoms with Crippen LogP contribution in [0.25, 0.3) is 0 Å². The second-order valence-electron chi connectivity index (χ2n) is 7.97. The molecular weight excluding hydrogens is 386 g/mol. The average Bonchev–Trinajstić information content (AvgIpc) is 3.52. The van der Waals surface area contributed by atoms with Gasteiger partial charge in [-0.25, -0.2) is 5.43 Å². The van der Waals surface area contributed by atoms with Crippen molar-refractivity contribution in [3.63, 3.8) is 0 Å². The first kappa shape index (κ1) is 17.9. The van der Waals surface area contributed by atoms with E-state index >= 15 is 0 Å². The zero-order chi connectivity index (χ0) is 20.1. The number of hydrogen-bond acceptors (Lipinski definition) is 7. The molecule has 30 heavy (non-hydrogen) atoms. The van der Waals surface area contributed by atoms with Crippen LogP contribution >= 0.6 is 0 Å². The third kappa shape index (κ3) is 2.95. The third-order valence-electron chi connectivity index (χ3n) is 6.18. The van der Waals surface area contributed by atoms with Crippen molar-refractivity contribution in [3.05, 3.63) is 47.0 Å². The zero-order valence-corrected chi connectivity index (χ0v) is 16.6. The molecule has 8 nitrogen and oxygen atoms in total. The fraction of sp³-hybridized carbons (Fsp3) is 0.409. The number of carbonyl (C=O) groups excluding carboxylic acids is 1. The molecule has 1 amide bonds. The van der Waals surface area contributed by atoms with Crippen LogP contribution in [0.1, 0.15) is 40.4 Å². The van der Waals surface area contributed by atoms with Gasteiger partial charge in [-0.15, -0.1) is 0 Å². The molecular formula is C22H23N3O5. The summed E-state index contributed by atoms with van der Waals surface area (Å²) in [5.74, 6) is 2.70. The number of likely N-dealkylation sites (tertiary alicyclic amines) is 1. The number of hydrogen-bond donors (Lipinski definition) is 1. The average molecular weight is 409 g/mol. The van der Waals surface area contributed by atoms with Crippen LogP contribution in [0.5, 0.6) is 23.0 Å². The van der Waals surface area contributed by atoms with Gasteiger partial charge in [0.05, 0.1) is 18.2 Å². The van der Waals surface area contributed by atoms with E-state index in [1.165, 1.54) is 12.8 Å². The molecule has 4 aliphatic heterocycles. The molecule has 0 aromatic heterocycles. The number of nitrogens with one attached hydrogen (secondary N) is 1. The highest BCUT2D eigenvalue weighted by Crippen LogP contribution is 2.42. The SMILES string of the molecule is O=C1c2cc3c(cc2C(c2ccc4c(c2)OCO4)NN1CCN1CCCC1)OCO3. The van der Waals surface area contributed by atoms with Crippen molar-refractivity contribution in [2.45, 2.75) is 18.9 Å².